The van der Waals surface area contributed by atoms with Crippen LogP contribution in [-0.2, 0) is 15.4 Å². The fraction of sp³-hybridized carbons (Fsp3) is 0.182. The topological polar surface area (TPSA) is 26.3 Å². The Morgan fingerprint density at radius 1 is 1.50 bits per heavy atom. The van der Waals surface area contributed by atoms with Gasteiger partial charge in [-0.15, -0.1) is 11.6 Å². The number of carbonyl (C=O) groups excluding carboxylic acids is 1. The van der Waals surface area contributed by atoms with Crippen LogP contribution < -0.4 is 0 Å². The lowest BCUT2D eigenvalue weighted by atomic mass is 10.0. The van der Waals surface area contributed by atoms with Crippen LogP contribution in [0.5, 0.6) is 0 Å². The Kier molecular flexibility index (Phi) is 3.72. The Hall–Kier alpha value is -1.28. The summed E-state index contributed by atoms with van der Waals surface area (Å²) < 4.78 is 4.58. The number of carbonyl (C=O) groups is 1. The van der Waals surface area contributed by atoms with E-state index in [-0.39, 0.29) is 0 Å². The molecule has 0 heterocycles. The van der Waals surface area contributed by atoms with Crippen LogP contribution in [0.4, 0.5) is 0 Å². The smallest absolute Gasteiger partial charge is 0.337 e. The maximum atomic E-state index is 11.2. The summed E-state index contributed by atoms with van der Waals surface area (Å²) in [5.41, 5.74) is 1.96. The number of hydrogen-bond acceptors (Lipinski definition) is 2. The lowest BCUT2D eigenvalue weighted by Gasteiger charge is -2.07. The fourth-order valence-corrected chi connectivity index (χ4v) is 1.40. The molecule has 0 saturated carbocycles. The summed E-state index contributed by atoms with van der Waals surface area (Å²) >= 11 is 5.73. The van der Waals surface area contributed by atoms with Crippen molar-refractivity contribution in [2.24, 2.45) is 0 Å². The predicted molar refractivity (Wildman–Crippen MR) is 57.0 cm³/mol. The van der Waals surface area contributed by atoms with Gasteiger partial charge >= 0.3 is 5.97 Å². The third-order valence-corrected chi connectivity index (χ3v) is 2.21. The molecule has 1 aromatic rings. The average Bonchev–Trinajstić information content (AvgIpc) is 2.26. The number of benzene rings is 1. The Balaban J connectivity index is 3.06. The summed E-state index contributed by atoms with van der Waals surface area (Å²) in [5.74, 6) is -0.0748. The first-order chi connectivity index (χ1) is 6.70. The molecule has 0 spiro atoms. The molecule has 0 aliphatic carbocycles. The molecular weight excluding hydrogens is 200 g/mol. The molecule has 0 saturated heterocycles. The molecule has 0 aromatic heterocycles. The van der Waals surface area contributed by atoms with Crippen molar-refractivity contribution < 1.29 is 9.53 Å². The molecule has 0 bridgehead atoms. The molecule has 0 aliphatic rings. The van der Waals surface area contributed by atoms with E-state index in [2.05, 4.69) is 11.3 Å². The largest absolute Gasteiger partial charge is 0.465 e. The van der Waals surface area contributed by atoms with Crippen LogP contribution in [0.15, 0.2) is 30.8 Å². The molecule has 0 aliphatic heterocycles. The summed E-state index contributed by atoms with van der Waals surface area (Å²) in [6.45, 7) is 3.67. The van der Waals surface area contributed by atoms with E-state index >= 15 is 0 Å². The molecule has 0 atom stereocenters. The van der Waals surface area contributed by atoms with Crippen molar-refractivity contribution in [2.75, 3.05) is 7.11 Å². The van der Waals surface area contributed by atoms with E-state index in [1.807, 2.05) is 18.2 Å². The number of esters is 1. The minimum Gasteiger partial charge on any atom is -0.465 e. The van der Waals surface area contributed by atoms with Crippen LogP contribution in [0.1, 0.15) is 11.1 Å². The normalized spacial score (nSPS) is 9.57. The molecule has 0 fully saturated rings. The summed E-state index contributed by atoms with van der Waals surface area (Å²) in [4.78, 5) is 11.2. The maximum absolute atomic E-state index is 11.2. The summed E-state index contributed by atoms with van der Waals surface area (Å²) in [6, 6.07) is 7.36. The van der Waals surface area contributed by atoms with Crippen LogP contribution in [0.3, 0.4) is 0 Å². The van der Waals surface area contributed by atoms with Crippen LogP contribution in [0.25, 0.3) is 5.57 Å². The first-order valence-corrected chi connectivity index (χ1v) is 4.65. The molecule has 0 unspecified atom stereocenters. The lowest BCUT2D eigenvalue weighted by Crippen LogP contribution is -2.04. The van der Waals surface area contributed by atoms with Gasteiger partial charge < -0.3 is 4.74 Å². The van der Waals surface area contributed by atoms with E-state index in [0.29, 0.717) is 11.5 Å². The third kappa shape index (κ3) is 2.15. The van der Waals surface area contributed by atoms with Gasteiger partial charge in [0.05, 0.1) is 12.7 Å². The molecule has 1 aromatic carbocycles. The highest BCUT2D eigenvalue weighted by Crippen LogP contribution is 2.20. The predicted octanol–water partition coefficient (Wildman–Crippen LogP) is 2.61. The SMILES string of the molecule is C=C(C(=O)OC)c1ccccc1CCl. The molecule has 2 nitrogen and oxygen atoms in total. The number of hydrogen-bond donors (Lipinski definition) is 0. The second-order valence-electron chi connectivity index (χ2n) is 2.76. The van der Waals surface area contributed by atoms with Crippen molar-refractivity contribution >= 4 is 23.1 Å². The second kappa shape index (κ2) is 4.82. The van der Waals surface area contributed by atoms with Crippen molar-refractivity contribution in [2.45, 2.75) is 5.88 Å². The Bertz CT molecular complexity index is 358. The standard InChI is InChI=1S/C11H11ClO2/c1-8(11(13)14-2)10-6-4-3-5-9(10)7-12/h3-6H,1,7H2,2H3. The van der Waals surface area contributed by atoms with E-state index in [1.54, 1.807) is 6.07 Å². The van der Waals surface area contributed by atoms with E-state index in [4.69, 9.17) is 11.6 Å². The average molecular weight is 211 g/mol. The Morgan fingerprint density at radius 3 is 2.71 bits per heavy atom. The Morgan fingerprint density at radius 2 is 2.14 bits per heavy atom. The first kappa shape index (κ1) is 10.8. The number of methoxy groups -OCH3 is 1. The highest BCUT2D eigenvalue weighted by Gasteiger charge is 2.12. The van der Waals surface area contributed by atoms with Gasteiger partial charge in [-0.25, -0.2) is 4.79 Å². The first-order valence-electron chi connectivity index (χ1n) is 4.12. The summed E-state index contributed by atoms with van der Waals surface area (Å²) in [5, 5.41) is 0. The van der Waals surface area contributed by atoms with E-state index in [9.17, 15) is 4.79 Å². The number of ether oxygens (including phenoxy) is 1. The monoisotopic (exact) mass is 210 g/mol. The molecule has 14 heavy (non-hydrogen) atoms. The van der Waals surface area contributed by atoms with Gasteiger partial charge in [0.2, 0.25) is 0 Å². The van der Waals surface area contributed by atoms with Crippen molar-refractivity contribution in [3.8, 4) is 0 Å². The number of rotatable bonds is 3. The van der Waals surface area contributed by atoms with Gasteiger partial charge in [-0.1, -0.05) is 30.8 Å². The third-order valence-electron chi connectivity index (χ3n) is 1.92. The number of halogens is 1. The van der Waals surface area contributed by atoms with Gasteiger partial charge in [-0.05, 0) is 11.1 Å². The quantitative estimate of drug-likeness (QED) is 0.436. The van der Waals surface area contributed by atoms with Crippen molar-refractivity contribution in [1.82, 2.24) is 0 Å². The van der Waals surface area contributed by atoms with Gasteiger partial charge in [0.25, 0.3) is 0 Å². The zero-order chi connectivity index (χ0) is 10.6. The van der Waals surface area contributed by atoms with Gasteiger partial charge in [-0.2, -0.15) is 0 Å². The minimum atomic E-state index is -0.428. The molecule has 1 rings (SSSR count). The molecule has 0 N–H and O–H groups in total. The fourth-order valence-electron chi connectivity index (χ4n) is 1.16. The molecule has 74 valence electrons. The van der Waals surface area contributed by atoms with Gasteiger partial charge in [0.1, 0.15) is 0 Å². The van der Waals surface area contributed by atoms with Crippen molar-refractivity contribution in [3.05, 3.63) is 42.0 Å². The van der Waals surface area contributed by atoms with Crippen LogP contribution >= 0.6 is 11.6 Å². The zero-order valence-corrected chi connectivity index (χ0v) is 8.67. The van der Waals surface area contributed by atoms with Gasteiger partial charge in [0.15, 0.2) is 0 Å². The molecule has 3 heteroatoms. The van der Waals surface area contributed by atoms with Crippen molar-refractivity contribution in [3.63, 3.8) is 0 Å². The van der Waals surface area contributed by atoms with E-state index in [1.165, 1.54) is 7.11 Å². The highest BCUT2D eigenvalue weighted by atomic mass is 35.5. The highest BCUT2D eigenvalue weighted by molar-refractivity contribution is 6.19. The summed E-state index contributed by atoms with van der Waals surface area (Å²) in [6.07, 6.45) is 0. The lowest BCUT2D eigenvalue weighted by molar-refractivity contribution is -0.133. The van der Waals surface area contributed by atoms with Crippen LogP contribution in [0.2, 0.25) is 0 Å². The van der Waals surface area contributed by atoms with Crippen LogP contribution in [-0.4, -0.2) is 13.1 Å². The van der Waals surface area contributed by atoms with E-state index in [0.717, 1.165) is 11.1 Å². The zero-order valence-electron chi connectivity index (χ0n) is 7.92. The van der Waals surface area contributed by atoms with Gasteiger partial charge in [0, 0.05) is 5.88 Å². The maximum Gasteiger partial charge on any atom is 0.337 e. The minimum absolute atomic E-state index is 0.337. The molecule has 0 amide bonds. The summed E-state index contributed by atoms with van der Waals surface area (Å²) in [7, 11) is 1.33. The Labute approximate surface area is 88.1 Å². The second-order valence-corrected chi connectivity index (χ2v) is 3.03. The molecular formula is C11H11ClO2. The molecule has 0 radical (unpaired) electrons. The van der Waals surface area contributed by atoms with Crippen LogP contribution in [0, 0.1) is 0 Å². The van der Waals surface area contributed by atoms with Crippen molar-refractivity contribution in [1.29, 1.82) is 0 Å². The van der Waals surface area contributed by atoms with Gasteiger partial charge in [-0.3, -0.25) is 0 Å². The van der Waals surface area contributed by atoms with E-state index < -0.39 is 5.97 Å². The number of alkyl halides is 1.